The Labute approximate surface area is 196 Å². The fraction of sp³-hybridized carbons (Fsp3) is 0.167. The van der Waals surface area contributed by atoms with Gasteiger partial charge in [-0.3, -0.25) is 9.59 Å². The fourth-order valence-electron chi connectivity index (χ4n) is 2.84. The van der Waals surface area contributed by atoms with Crippen LogP contribution < -0.4 is 15.4 Å². The number of ether oxygens (including phenoxy) is 2. The average Bonchev–Trinajstić information content (AvgIpc) is 2.80. The molecule has 2 amide bonds. The van der Waals surface area contributed by atoms with Gasteiger partial charge in [0.2, 0.25) is 0 Å². The van der Waals surface area contributed by atoms with Crippen molar-refractivity contribution in [2.75, 3.05) is 25.6 Å². The number of benzene rings is 3. The van der Waals surface area contributed by atoms with Crippen LogP contribution in [0.25, 0.3) is 0 Å². The minimum atomic E-state index is -0.407. The van der Waals surface area contributed by atoms with Crippen LogP contribution in [-0.4, -0.2) is 32.1 Å². The normalized spacial score (nSPS) is 10.5. The van der Waals surface area contributed by atoms with Crippen molar-refractivity contribution in [3.05, 3.63) is 93.5 Å². The molecule has 3 rings (SSSR count). The van der Waals surface area contributed by atoms with E-state index in [1.165, 1.54) is 6.07 Å². The Balaban J connectivity index is 1.72. The van der Waals surface area contributed by atoms with Gasteiger partial charge in [-0.05, 0) is 48.0 Å². The second-order valence-corrected chi connectivity index (χ2v) is 7.65. The van der Waals surface area contributed by atoms with Gasteiger partial charge >= 0.3 is 0 Å². The van der Waals surface area contributed by atoms with Crippen molar-refractivity contribution in [1.82, 2.24) is 5.32 Å². The highest BCUT2D eigenvalue weighted by atomic mass is 35.5. The van der Waals surface area contributed by atoms with Crippen molar-refractivity contribution in [3.63, 3.8) is 0 Å². The average molecular weight is 473 g/mol. The summed E-state index contributed by atoms with van der Waals surface area (Å²) in [7, 11) is 1.55. The Bertz CT molecular complexity index is 1090. The SMILES string of the molecule is COCCNC(=O)c1ccc(Cl)c(NC(=O)c2ccccc2OCc2ccc(Cl)cc2)c1. The second kappa shape index (κ2) is 11.5. The van der Waals surface area contributed by atoms with Gasteiger partial charge < -0.3 is 20.1 Å². The Morgan fingerprint density at radius 2 is 1.69 bits per heavy atom. The lowest BCUT2D eigenvalue weighted by atomic mass is 10.1. The van der Waals surface area contributed by atoms with Crippen LogP contribution in [-0.2, 0) is 11.3 Å². The molecule has 3 aromatic rings. The fourth-order valence-corrected chi connectivity index (χ4v) is 3.13. The van der Waals surface area contributed by atoms with E-state index in [0.29, 0.717) is 45.8 Å². The number of hydrogen-bond donors (Lipinski definition) is 2. The van der Waals surface area contributed by atoms with Gasteiger partial charge in [0.1, 0.15) is 12.4 Å². The molecule has 6 nitrogen and oxygen atoms in total. The topological polar surface area (TPSA) is 76.7 Å². The van der Waals surface area contributed by atoms with Gasteiger partial charge in [-0.25, -0.2) is 0 Å². The number of halogens is 2. The van der Waals surface area contributed by atoms with Crippen molar-refractivity contribution in [2.24, 2.45) is 0 Å². The van der Waals surface area contributed by atoms with Crippen molar-refractivity contribution in [1.29, 1.82) is 0 Å². The third kappa shape index (κ3) is 6.47. The molecule has 8 heteroatoms. The third-order valence-corrected chi connectivity index (χ3v) is 5.09. The standard InChI is InChI=1S/C24H22Cl2N2O4/c1-31-13-12-27-23(29)17-8-11-20(26)21(14-17)28-24(30)19-4-2-3-5-22(19)32-15-16-6-9-18(25)10-7-16/h2-11,14H,12-13,15H2,1H3,(H,27,29)(H,28,30). The first-order valence-corrected chi connectivity index (χ1v) is 10.6. The van der Waals surface area contributed by atoms with Gasteiger partial charge in [0.15, 0.2) is 0 Å². The maximum absolute atomic E-state index is 13.0. The highest BCUT2D eigenvalue weighted by Crippen LogP contribution is 2.26. The molecule has 0 unspecified atom stereocenters. The van der Waals surface area contributed by atoms with Gasteiger partial charge in [0.25, 0.3) is 11.8 Å². The molecule has 0 aliphatic rings. The van der Waals surface area contributed by atoms with Gasteiger partial charge in [-0.15, -0.1) is 0 Å². The summed E-state index contributed by atoms with van der Waals surface area (Å²) < 4.78 is 10.8. The summed E-state index contributed by atoms with van der Waals surface area (Å²) in [6.45, 7) is 1.05. The summed E-state index contributed by atoms with van der Waals surface area (Å²) in [5.41, 5.74) is 1.95. The number of para-hydroxylation sites is 1. The Hall–Kier alpha value is -3.06. The van der Waals surface area contributed by atoms with Crippen molar-refractivity contribution in [2.45, 2.75) is 6.61 Å². The van der Waals surface area contributed by atoms with Gasteiger partial charge in [-0.2, -0.15) is 0 Å². The van der Waals surface area contributed by atoms with Crippen molar-refractivity contribution in [3.8, 4) is 5.75 Å². The highest BCUT2D eigenvalue weighted by Gasteiger charge is 2.16. The second-order valence-electron chi connectivity index (χ2n) is 6.81. The number of amides is 2. The molecular formula is C24H22Cl2N2O4. The van der Waals surface area contributed by atoms with Crippen LogP contribution in [0.2, 0.25) is 10.0 Å². The van der Waals surface area contributed by atoms with E-state index < -0.39 is 5.91 Å². The molecule has 0 heterocycles. The van der Waals surface area contributed by atoms with Crippen molar-refractivity contribution < 1.29 is 19.1 Å². The summed E-state index contributed by atoms with van der Waals surface area (Å²) in [6, 6.07) is 18.8. The summed E-state index contributed by atoms with van der Waals surface area (Å²) >= 11 is 12.2. The summed E-state index contributed by atoms with van der Waals surface area (Å²) in [5, 5.41) is 6.44. The predicted molar refractivity (Wildman–Crippen MR) is 126 cm³/mol. The van der Waals surface area contributed by atoms with Crippen LogP contribution in [0.4, 0.5) is 5.69 Å². The molecule has 0 saturated heterocycles. The van der Waals surface area contributed by atoms with Crippen LogP contribution in [0.1, 0.15) is 26.3 Å². The molecule has 0 fully saturated rings. The first-order chi connectivity index (χ1) is 15.5. The first-order valence-electron chi connectivity index (χ1n) is 9.82. The van der Waals surface area contributed by atoms with Gasteiger partial charge in [0.05, 0.1) is 22.9 Å². The zero-order chi connectivity index (χ0) is 22.9. The summed E-state index contributed by atoms with van der Waals surface area (Å²) in [4.78, 5) is 25.2. The van der Waals surface area contributed by atoms with Crippen LogP contribution >= 0.6 is 23.2 Å². The first kappa shape index (κ1) is 23.6. The Morgan fingerprint density at radius 1 is 0.938 bits per heavy atom. The molecule has 0 spiro atoms. The number of rotatable bonds is 9. The van der Waals surface area contributed by atoms with Crippen LogP contribution in [0.15, 0.2) is 66.7 Å². The molecule has 32 heavy (non-hydrogen) atoms. The molecule has 0 saturated carbocycles. The van der Waals surface area contributed by atoms with E-state index in [4.69, 9.17) is 32.7 Å². The monoisotopic (exact) mass is 472 g/mol. The number of hydrogen-bond acceptors (Lipinski definition) is 4. The van der Waals surface area contributed by atoms with E-state index in [9.17, 15) is 9.59 Å². The number of nitrogens with one attached hydrogen (secondary N) is 2. The smallest absolute Gasteiger partial charge is 0.259 e. The number of carbonyl (C=O) groups is 2. The Morgan fingerprint density at radius 3 is 2.44 bits per heavy atom. The third-order valence-electron chi connectivity index (χ3n) is 4.51. The van der Waals surface area contributed by atoms with Crippen LogP contribution in [0.5, 0.6) is 5.75 Å². The lowest BCUT2D eigenvalue weighted by molar-refractivity contribution is 0.0936. The minimum absolute atomic E-state index is 0.277. The number of methoxy groups -OCH3 is 1. The van der Waals surface area contributed by atoms with Gasteiger partial charge in [-0.1, -0.05) is 47.5 Å². The Kier molecular flexibility index (Phi) is 8.50. The quantitative estimate of drug-likeness (QED) is 0.419. The van der Waals surface area contributed by atoms with E-state index in [1.807, 2.05) is 12.1 Å². The molecule has 0 aliphatic heterocycles. The lowest BCUT2D eigenvalue weighted by Gasteiger charge is -2.13. The van der Waals surface area contributed by atoms with Crippen LogP contribution in [0, 0.1) is 0 Å². The predicted octanol–water partition coefficient (Wildman–Crippen LogP) is 5.20. The van der Waals surface area contributed by atoms with Crippen molar-refractivity contribution >= 4 is 40.7 Å². The molecule has 0 aromatic heterocycles. The van der Waals surface area contributed by atoms with Gasteiger partial charge in [0, 0.05) is 24.2 Å². The molecule has 0 atom stereocenters. The molecule has 0 aliphatic carbocycles. The largest absolute Gasteiger partial charge is 0.488 e. The van der Waals surface area contributed by atoms with E-state index >= 15 is 0 Å². The molecule has 0 bridgehead atoms. The molecule has 0 radical (unpaired) electrons. The molecule has 3 aromatic carbocycles. The number of carbonyl (C=O) groups excluding carboxylic acids is 2. The van der Waals surface area contributed by atoms with E-state index in [2.05, 4.69) is 10.6 Å². The van der Waals surface area contributed by atoms with Crippen LogP contribution in [0.3, 0.4) is 0 Å². The number of anilines is 1. The molecule has 2 N–H and O–H groups in total. The molecule has 166 valence electrons. The van der Waals surface area contributed by atoms with E-state index in [1.54, 1.807) is 55.6 Å². The maximum Gasteiger partial charge on any atom is 0.259 e. The summed E-state index contributed by atoms with van der Waals surface area (Å²) in [5.74, 6) is -0.277. The maximum atomic E-state index is 13.0. The lowest BCUT2D eigenvalue weighted by Crippen LogP contribution is -2.27. The van der Waals surface area contributed by atoms with E-state index in [0.717, 1.165) is 5.56 Å². The minimum Gasteiger partial charge on any atom is -0.488 e. The zero-order valence-electron chi connectivity index (χ0n) is 17.4. The molecular weight excluding hydrogens is 451 g/mol. The summed E-state index contributed by atoms with van der Waals surface area (Å²) in [6.07, 6.45) is 0. The zero-order valence-corrected chi connectivity index (χ0v) is 18.9. The van der Waals surface area contributed by atoms with E-state index in [-0.39, 0.29) is 12.5 Å². The highest BCUT2D eigenvalue weighted by molar-refractivity contribution is 6.34.